The predicted molar refractivity (Wildman–Crippen MR) is 69.6 cm³/mol. The molecule has 0 heterocycles. The van der Waals surface area contributed by atoms with Crippen molar-refractivity contribution in [1.82, 2.24) is 5.32 Å². The number of carbonyl (C=O) groups excluding carboxylic acids is 1. The average Bonchev–Trinajstić information content (AvgIpc) is 2.30. The molecule has 0 atom stereocenters. The molecular formula is C14H27NO2. The maximum absolute atomic E-state index is 11.9. The fraction of sp³-hybridized carbons (Fsp3) is 0.929. The summed E-state index contributed by atoms with van der Waals surface area (Å²) in [4.78, 5) is 11.9. The summed E-state index contributed by atoms with van der Waals surface area (Å²) in [5.74, 6) is 1.75. The molecule has 1 saturated carbocycles. The topological polar surface area (TPSA) is 49.3 Å². The monoisotopic (exact) mass is 241 g/mol. The van der Waals surface area contributed by atoms with Crippen molar-refractivity contribution in [2.75, 3.05) is 13.2 Å². The molecule has 0 aliphatic heterocycles. The molecule has 1 aliphatic rings. The van der Waals surface area contributed by atoms with E-state index in [0.29, 0.717) is 11.8 Å². The highest BCUT2D eigenvalue weighted by molar-refractivity contribution is 5.78. The van der Waals surface area contributed by atoms with E-state index in [4.69, 9.17) is 5.11 Å². The fourth-order valence-corrected chi connectivity index (χ4v) is 2.52. The molecule has 17 heavy (non-hydrogen) atoms. The average molecular weight is 241 g/mol. The Morgan fingerprint density at radius 1 is 1.29 bits per heavy atom. The summed E-state index contributed by atoms with van der Waals surface area (Å²) in [5.41, 5.74) is 0. The van der Waals surface area contributed by atoms with Gasteiger partial charge in [-0.05, 0) is 50.4 Å². The molecule has 3 heteroatoms. The second kappa shape index (κ2) is 7.70. The van der Waals surface area contributed by atoms with Gasteiger partial charge in [0.1, 0.15) is 0 Å². The van der Waals surface area contributed by atoms with Gasteiger partial charge in [-0.2, -0.15) is 0 Å². The molecule has 0 spiro atoms. The van der Waals surface area contributed by atoms with Crippen molar-refractivity contribution in [1.29, 1.82) is 0 Å². The maximum Gasteiger partial charge on any atom is 0.223 e. The summed E-state index contributed by atoms with van der Waals surface area (Å²) in [6.45, 7) is 5.45. The molecular weight excluding hydrogens is 214 g/mol. The van der Waals surface area contributed by atoms with Gasteiger partial charge >= 0.3 is 0 Å². The lowest BCUT2D eigenvalue weighted by Gasteiger charge is -2.27. The Bertz CT molecular complexity index is 220. The molecule has 1 aliphatic carbocycles. The van der Waals surface area contributed by atoms with Gasteiger partial charge in [0.25, 0.3) is 0 Å². The summed E-state index contributed by atoms with van der Waals surface area (Å²) in [6, 6.07) is 0. The normalized spacial score (nSPS) is 24.9. The van der Waals surface area contributed by atoms with Gasteiger partial charge < -0.3 is 10.4 Å². The van der Waals surface area contributed by atoms with E-state index in [1.165, 1.54) is 0 Å². The van der Waals surface area contributed by atoms with Crippen LogP contribution in [0.5, 0.6) is 0 Å². The number of aliphatic hydroxyl groups excluding tert-OH is 1. The lowest BCUT2D eigenvalue weighted by atomic mass is 9.80. The SMILES string of the molecule is CC(C)CCNC(=O)C1CCC(CCO)CC1. The molecule has 0 bridgehead atoms. The highest BCUT2D eigenvalue weighted by atomic mass is 16.3. The lowest BCUT2D eigenvalue weighted by Crippen LogP contribution is -2.34. The van der Waals surface area contributed by atoms with Crippen molar-refractivity contribution in [3.05, 3.63) is 0 Å². The van der Waals surface area contributed by atoms with Crippen LogP contribution in [-0.4, -0.2) is 24.2 Å². The third kappa shape index (κ3) is 5.53. The van der Waals surface area contributed by atoms with E-state index in [1.54, 1.807) is 0 Å². The van der Waals surface area contributed by atoms with Crippen molar-refractivity contribution in [3.63, 3.8) is 0 Å². The Balaban J connectivity index is 2.17. The zero-order valence-corrected chi connectivity index (χ0v) is 11.2. The van der Waals surface area contributed by atoms with Crippen LogP contribution in [0.15, 0.2) is 0 Å². The zero-order valence-electron chi connectivity index (χ0n) is 11.2. The van der Waals surface area contributed by atoms with Crippen LogP contribution in [0.25, 0.3) is 0 Å². The van der Waals surface area contributed by atoms with E-state index in [0.717, 1.165) is 45.1 Å². The van der Waals surface area contributed by atoms with Crippen LogP contribution in [0, 0.1) is 17.8 Å². The van der Waals surface area contributed by atoms with Gasteiger partial charge in [-0.1, -0.05) is 13.8 Å². The molecule has 0 aromatic heterocycles. The van der Waals surface area contributed by atoms with E-state index in [1.807, 2.05) is 0 Å². The number of nitrogens with one attached hydrogen (secondary N) is 1. The Morgan fingerprint density at radius 3 is 2.47 bits per heavy atom. The Morgan fingerprint density at radius 2 is 1.94 bits per heavy atom. The number of hydrogen-bond acceptors (Lipinski definition) is 2. The van der Waals surface area contributed by atoms with Crippen molar-refractivity contribution in [2.24, 2.45) is 17.8 Å². The zero-order chi connectivity index (χ0) is 12.7. The first-order valence-corrected chi connectivity index (χ1v) is 7.02. The van der Waals surface area contributed by atoms with Crippen LogP contribution in [0.3, 0.4) is 0 Å². The van der Waals surface area contributed by atoms with E-state index in [2.05, 4.69) is 19.2 Å². The van der Waals surface area contributed by atoms with E-state index < -0.39 is 0 Å². The second-order valence-electron chi connectivity index (χ2n) is 5.70. The highest BCUT2D eigenvalue weighted by Gasteiger charge is 2.25. The molecule has 0 radical (unpaired) electrons. The van der Waals surface area contributed by atoms with Gasteiger partial charge in [-0.15, -0.1) is 0 Å². The second-order valence-corrected chi connectivity index (χ2v) is 5.70. The standard InChI is InChI=1S/C14H27NO2/c1-11(2)7-9-15-14(17)13-5-3-12(4-6-13)8-10-16/h11-13,16H,3-10H2,1-2H3,(H,15,17). The summed E-state index contributed by atoms with van der Waals surface area (Å²) < 4.78 is 0. The van der Waals surface area contributed by atoms with Gasteiger partial charge in [-0.25, -0.2) is 0 Å². The van der Waals surface area contributed by atoms with E-state index >= 15 is 0 Å². The van der Waals surface area contributed by atoms with Crippen molar-refractivity contribution in [3.8, 4) is 0 Å². The Hall–Kier alpha value is -0.570. The summed E-state index contributed by atoms with van der Waals surface area (Å²) in [5, 5.41) is 11.9. The first kappa shape index (κ1) is 14.5. The van der Waals surface area contributed by atoms with Crippen LogP contribution in [0.1, 0.15) is 52.4 Å². The first-order valence-electron chi connectivity index (χ1n) is 7.02. The minimum Gasteiger partial charge on any atom is -0.396 e. The van der Waals surface area contributed by atoms with E-state index in [9.17, 15) is 4.79 Å². The summed E-state index contributed by atoms with van der Waals surface area (Å²) in [6.07, 6.45) is 6.16. The molecule has 0 unspecified atom stereocenters. The van der Waals surface area contributed by atoms with Gasteiger partial charge in [-0.3, -0.25) is 4.79 Å². The number of rotatable bonds is 6. The Labute approximate surface area is 105 Å². The number of hydrogen-bond donors (Lipinski definition) is 2. The van der Waals surface area contributed by atoms with Crippen molar-refractivity contribution >= 4 is 5.91 Å². The quantitative estimate of drug-likeness (QED) is 0.750. The van der Waals surface area contributed by atoms with Crippen LogP contribution in [0.4, 0.5) is 0 Å². The van der Waals surface area contributed by atoms with E-state index in [-0.39, 0.29) is 18.4 Å². The van der Waals surface area contributed by atoms with Crippen LogP contribution in [0.2, 0.25) is 0 Å². The minimum absolute atomic E-state index is 0.220. The van der Waals surface area contributed by atoms with Gasteiger partial charge in [0.15, 0.2) is 0 Å². The lowest BCUT2D eigenvalue weighted by molar-refractivity contribution is -0.126. The molecule has 2 N–H and O–H groups in total. The van der Waals surface area contributed by atoms with Crippen molar-refractivity contribution in [2.45, 2.75) is 52.4 Å². The third-order valence-corrected chi connectivity index (χ3v) is 3.78. The van der Waals surface area contributed by atoms with Crippen molar-refractivity contribution < 1.29 is 9.90 Å². The predicted octanol–water partition coefficient (Wildman–Crippen LogP) is 2.34. The molecule has 1 amide bonds. The fourth-order valence-electron chi connectivity index (χ4n) is 2.52. The van der Waals surface area contributed by atoms with Crippen LogP contribution < -0.4 is 5.32 Å². The molecule has 100 valence electrons. The molecule has 3 nitrogen and oxygen atoms in total. The molecule has 1 rings (SSSR count). The number of carbonyl (C=O) groups is 1. The number of amides is 1. The molecule has 1 fully saturated rings. The van der Waals surface area contributed by atoms with Gasteiger partial charge in [0, 0.05) is 19.1 Å². The first-order chi connectivity index (χ1) is 8.13. The maximum atomic E-state index is 11.9. The smallest absolute Gasteiger partial charge is 0.223 e. The van der Waals surface area contributed by atoms with Gasteiger partial charge in [0.2, 0.25) is 5.91 Å². The third-order valence-electron chi connectivity index (χ3n) is 3.78. The number of aliphatic hydroxyl groups is 1. The largest absolute Gasteiger partial charge is 0.396 e. The Kier molecular flexibility index (Phi) is 6.56. The minimum atomic E-state index is 0.220. The van der Waals surface area contributed by atoms with Gasteiger partial charge in [0.05, 0.1) is 0 Å². The summed E-state index contributed by atoms with van der Waals surface area (Å²) in [7, 11) is 0. The van der Waals surface area contributed by atoms with Crippen LogP contribution >= 0.6 is 0 Å². The molecule has 0 aromatic rings. The summed E-state index contributed by atoms with van der Waals surface area (Å²) >= 11 is 0. The van der Waals surface area contributed by atoms with Crippen LogP contribution in [-0.2, 0) is 4.79 Å². The molecule has 0 saturated heterocycles. The highest BCUT2D eigenvalue weighted by Crippen LogP contribution is 2.30. The molecule has 0 aromatic carbocycles.